The number of hydrogen-bond acceptors (Lipinski definition) is 2. The van der Waals surface area contributed by atoms with Crippen LogP contribution in [0.2, 0.25) is 0 Å². The normalized spacial score (nSPS) is 10.1. The van der Waals surface area contributed by atoms with Crippen LogP contribution in [0.25, 0.3) is 0 Å². The summed E-state index contributed by atoms with van der Waals surface area (Å²) in [4.78, 5) is 10.2. The van der Waals surface area contributed by atoms with E-state index in [1.54, 1.807) is 0 Å². The first-order valence-electron chi connectivity index (χ1n) is 3.03. The monoisotopic (exact) mass is 191 g/mol. The van der Waals surface area contributed by atoms with Crippen LogP contribution in [-0.4, -0.2) is 11.1 Å². The molecule has 0 aromatic heterocycles. The van der Waals surface area contributed by atoms with E-state index in [1.807, 2.05) is 0 Å². The van der Waals surface area contributed by atoms with Crippen molar-refractivity contribution in [2.45, 2.75) is 0 Å². The number of hydrogen-bond donors (Lipinski definition) is 1. The van der Waals surface area contributed by atoms with Crippen molar-refractivity contribution in [3.8, 4) is 5.75 Å². The van der Waals surface area contributed by atoms with Gasteiger partial charge in [-0.2, -0.15) is 0 Å². The summed E-state index contributed by atoms with van der Waals surface area (Å²) in [6, 6.07) is 0.00407. The maximum atomic E-state index is 12.6. The zero-order valence-corrected chi connectivity index (χ0v) is 5.97. The first kappa shape index (κ1) is 9.37. The van der Waals surface area contributed by atoms with Gasteiger partial charge in [-0.3, -0.25) is 0 Å². The molecule has 0 radical (unpaired) electrons. The largest absolute Gasteiger partial charge is 0.870 e. The molecule has 0 spiro atoms. The lowest BCUT2D eigenvalue weighted by Crippen LogP contribution is -2.10. The van der Waals surface area contributed by atoms with Crippen molar-refractivity contribution >= 4 is 5.97 Å². The highest BCUT2D eigenvalue weighted by Gasteiger charge is 2.18. The summed E-state index contributed by atoms with van der Waals surface area (Å²) in [6.07, 6.45) is 0. The number of rotatable bonds is 1. The summed E-state index contributed by atoms with van der Waals surface area (Å²) < 4.78 is 37.3. The van der Waals surface area contributed by atoms with Gasteiger partial charge in [0, 0.05) is 6.07 Å². The lowest BCUT2D eigenvalue weighted by molar-refractivity contribution is -0.273. The smallest absolute Gasteiger partial charge is 0.338 e. The van der Waals surface area contributed by atoms with Crippen molar-refractivity contribution in [2.24, 2.45) is 0 Å². The second-order valence-corrected chi connectivity index (χ2v) is 2.16. The topological polar surface area (TPSA) is 60.4 Å². The van der Waals surface area contributed by atoms with Gasteiger partial charge in [0.05, 0.1) is 5.56 Å². The van der Waals surface area contributed by atoms with Crippen LogP contribution in [0.3, 0.4) is 0 Å². The number of benzene rings is 1. The molecule has 1 N–H and O–H groups in total. The van der Waals surface area contributed by atoms with Crippen LogP contribution in [0, 0.1) is 17.5 Å². The predicted octanol–water partition coefficient (Wildman–Crippen LogP) is 0.876. The van der Waals surface area contributed by atoms with E-state index in [4.69, 9.17) is 5.11 Å². The van der Waals surface area contributed by atoms with Gasteiger partial charge in [-0.15, -0.1) is 0 Å². The van der Waals surface area contributed by atoms with Gasteiger partial charge in [0.25, 0.3) is 0 Å². The van der Waals surface area contributed by atoms with E-state index in [-0.39, 0.29) is 6.07 Å². The lowest BCUT2D eigenvalue weighted by Gasteiger charge is -2.11. The fraction of sp³-hybridized carbons (Fsp3) is 0. The van der Waals surface area contributed by atoms with E-state index in [2.05, 4.69) is 0 Å². The molecule has 0 atom stereocenters. The van der Waals surface area contributed by atoms with Gasteiger partial charge in [0.2, 0.25) is 0 Å². The zero-order chi connectivity index (χ0) is 10.2. The fourth-order valence-electron chi connectivity index (χ4n) is 0.770. The van der Waals surface area contributed by atoms with E-state index in [1.165, 1.54) is 0 Å². The van der Waals surface area contributed by atoms with Crippen molar-refractivity contribution in [3.63, 3.8) is 0 Å². The van der Waals surface area contributed by atoms with Gasteiger partial charge in [-0.1, -0.05) is 5.75 Å². The van der Waals surface area contributed by atoms with Crippen LogP contribution in [-0.2, 0) is 0 Å². The SMILES string of the molecule is O=C(O)c1c([O-])c(F)cc(F)c1F. The average Bonchev–Trinajstić information content (AvgIpc) is 2.01. The third kappa shape index (κ3) is 1.42. The van der Waals surface area contributed by atoms with Gasteiger partial charge in [-0.05, 0) is 0 Å². The summed E-state index contributed by atoms with van der Waals surface area (Å²) in [5, 5.41) is 18.8. The Morgan fingerprint density at radius 1 is 1.31 bits per heavy atom. The molecule has 3 nitrogen and oxygen atoms in total. The number of carboxylic acid groups (broad SMARTS) is 1. The van der Waals surface area contributed by atoms with Gasteiger partial charge < -0.3 is 10.2 Å². The summed E-state index contributed by atoms with van der Waals surface area (Å²) in [5.74, 6) is -8.84. The van der Waals surface area contributed by atoms with Crippen molar-refractivity contribution < 1.29 is 28.2 Å². The van der Waals surface area contributed by atoms with Gasteiger partial charge >= 0.3 is 5.97 Å². The third-order valence-corrected chi connectivity index (χ3v) is 1.34. The molecule has 0 saturated carbocycles. The fourth-order valence-corrected chi connectivity index (χ4v) is 0.770. The van der Waals surface area contributed by atoms with E-state index < -0.39 is 34.7 Å². The first-order chi connectivity index (χ1) is 5.95. The molecule has 0 unspecified atom stereocenters. The van der Waals surface area contributed by atoms with E-state index in [0.29, 0.717) is 0 Å². The Kier molecular flexibility index (Phi) is 2.14. The molecule has 0 saturated heterocycles. The molecule has 0 heterocycles. The number of carboxylic acids is 1. The molecule has 1 rings (SSSR count). The standard InChI is InChI=1S/C7H3F3O3/c8-2-1-3(9)6(11)4(5(2)10)7(12)13/h1,11H,(H,12,13)/p-1. The van der Waals surface area contributed by atoms with Crippen molar-refractivity contribution in [1.82, 2.24) is 0 Å². The Hall–Kier alpha value is -1.72. The maximum absolute atomic E-state index is 12.6. The van der Waals surface area contributed by atoms with Crippen molar-refractivity contribution in [1.29, 1.82) is 0 Å². The molecule has 0 fully saturated rings. The first-order valence-corrected chi connectivity index (χ1v) is 3.03. The minimum Gasteiger partial charge on any atom is -0.870 e. The summed E-state index contributed by atoms with van der Waals surface area (Å²) in [5.41, 5.74) is -1.52. The van der Waals surface area contributed by atoms with E-state index in [9.17, 15) is 23.1 Å². The van der Waals surface area contributed by atoms with Crippen molar-refractivity contribution in [2.75, 3.05) is 0 Å². The Bertz CT molecular complexity index is 349. The Morgan fingerprint density at radius 3 is 2.31 bits per heavy atom. The third-order valence-electron chi connectivity index (χ3n) is 1.34. The van der Waals surface area contributed by atoms with Crippen LogP contribution in [0.4, 0.5) is 13.2 Å². The molecule has 70 valence electrons. The molecule has 1 aromatic carbocycles. The number of aromatic carboxylic acids is 1. The van der Waals surface area contributed by atoms with Crippen LogP contribution in [0.5, 0.6) is 5.75 Å². The van der Waals surface area contributed by atoms with Gasteiger partial charge in [-0.25, -0.2) is 18.0 Å². The number of halogens is 3. The summed E-state index contributed by atoms with van der Waals surface area (Å²) >= 11 is 0. The lowest BCUT2D eigenvalue weighted by atomic mass is 10.1. The van der Waals surface area contributed by atoms with Crippen molar-refractivity contribution in [3.05, 3.63) is 29.1 Å². The second-order valence-electron chi connectivity index (χ2n) is 2.16. The highest BCUT2D eigenvalue weighted by Crippen LogP contribution is 2.23. The molecule has 6 heteroatoms. The molecule has 0 bridgehead atoms. The predicted molar refractivity (Wildman–Crippen MR) is 32.7 cm³/mol. The quantitative estimate of drug-likeness (QED) is 0.670. The molecule has 13 heavy (non-hydrogen) atoms. The summed E-state index contributed by atoms with van der Waals surface area (Å²) in [6.45, 7) is 0. The highest BCUT2D eigenvalue weighted by atomic mass is 19.2. The maximum Gasteiger partial charge on any atom is 0.338 e. The average molecular weight is 191 g/mol. The molecule has 0 aliphatic heterocycles. The van der Waals surface area contributed by atoms with Crippen LogP contribution in [0.15, 0.2) is 6.07 Å². The molecule has 1 aromatic rings. The minimum absolute atomic E-state index is 0.00407. The van der Waals surface area contributed by atoms with Gasteiger partial charge in [0.15, 0.2) is 11.6 Å². The van der Waals surface area contributed by atoms with Crippen LogP contribution < -0.4 is 5.11 Å². The molecular weight excluding hydrogens is 189 g/mol. The van der Waals surface area contributed by atoms with Crippen LogP contribution in [0.1, 0.15) is 10.4 Å². The van der Waals surface area contributed by atoms with Crippen LogP contribution >= 0.6 is 0 Å². The molecule has 0 aliphatic carbocycles. The minimum atomic E-state index is -2.00. The zero-order valence-electron chi connectivity index (χ0n) is 5.97. The Balaban J connectivity index is 3.56. The van der Waals surface area contributed by atoms with E-state index >= 15 is 0 Å². The molecule has 0 aliphatic rings. The highest BCUT2D eigenvalue weighted by molar-refractivity contribution is 5.90. The second kappa shape index (κ2) is 2.96. The Labute approximate surface area is 70.0 Å². The molecular formula is C7H2F3O3-. The number of carbonyl (C=O) groups is 1. The molecule has 0 amide bonds. The van der Waals surface area contributed by atoms with Gasteiger partial charge in [0.1, 0.15) is 5.82 Å². The Morgan fingerprint density at radius 2 is 1.85 bits per heavy atom. The van der Waals surface area contributed by atoms with E-state index in [0.717, 1.165) is 0 Å². The summed E-state index contributed by atoms with van der Waals surface area (Å²) in [7, 11) is 0.